The molecule has 0 saturated heterocycles. The van der Waals surface area contributed by atoms with E-state index in [4.69, 9.17) is 17.3 Å². The van der Waals surface area contributed by atoms with E-state index in [0.29, 0.717) is 10.6 Å². The van der Waals surface area contributed by atoms with Crippen LogP contribution in [-0.4, -0.2) is 6.18 Å². The molecule has 0 aliphatic carbocycles. The molecule has 6 heteroatoms. The highest BCUT2D eigenvalue weighted by molar-refractivity contribution is 6.31. The Balaban J connectivity index is 0.00000256. The van der Waals surface area contributed by atoms with Gasteiger partial charge in [-0.15, -0.1) is 12.4 Å². The number of halogens is 5. The third-order valence-corrected chi connectivity index (χ3v) is 2.71. The van der Waals surface area contributed by atoms with Gasteiger partial charge in [0.1, 0.15) is 0 Å². The summed E-state index contributed by atoms with van der Waals surface area (Å²) in [5.41, 5.74) is 7.15. The molecule has 0 spiro atoms. The monoisotopic (exact) mass is 287 g/mol. The molecule has 2 N–H and O–H groups in total. The van der Waals surface area contributed by atoms with Crippen molar-refractivity contribution in [2.75, 3.05) is 0 Å². The molecular formula is C11H14Cl2F3N. The normalized spacial score (nSPS) is 13.1. The number of nitrogens with two attached hydrogens (primary N) is 1. The number of alkyl halides is 3. The number of hydrogen-bond acceptors (Lipinski definition) is 1. The van der Waals surface area contributed by atoms with Crippen molar-refractivity contribution in [2.24, 2.45) is 5.73 Å². The van der Waals surface area contributed by atoms with Crippen LogP contribution in [0.15, 0.2) is 18.2 Å². The van der Waals surface area contributed by atoms with Crippen LogP contribution in [0.3, 0.4) is 0 Å². The molecule has 1 atom stereocenters. The fourth-order valence-electron chi connectivity index (χ4n) is 1.58. The molecule has 0 bridgehead atoms. The zero-order chi connectivity index (χ0) is 12.3. The maximum absolute atomic E-state index is 12.0. The molecule has 1 nitrogen and oxygen atoms in total. The summed E-state index contributed by atoms with van der Waals surface area (Å²) in [5.74, 6) is 0. The summed E-state index contributed by atoms with van der Waals surface area (Å²) < 4.78 is 36.1. The smallest absolute Gasteiger partial charge is 0.324 e. The van der Waals surface area contributed by atoms with Gasteiger partial charge in [-0.3, -0.25) is 0 Å². The highest BCUT2D eigenvalue weighted by atomic mass is 35.5. The standard InChI is InChI=1S/C11H13ClF3N.ClH/c1-7-3-2-4-8(12)10(7)9(16)5-6-11(13,14)15;/h2-4,9H,5-6,16H2,1H3;1H/t9-;/m1./s1. The Morgan fingerprint density at radius 3 is 2.41 bits per heavy atom. The summed E-state index contributed by atoms with van der Waals surface area (Å²) in [6.07, 6.45) is -5.21. The van der Waals surface area contributed by atoms with Crippen LogP contribution >= 0.6 is 24.0 Å². The van der Waals surface area contributed by atoms with Crippen LogP contribution < -0.4 is 5.73 Å². The van der Waals surface area contributed by atoms with Crippen molar-refractivity contribution in [2.45, 2.75) is 32.0 Å². The van der Waals surface area contributed by atoms with Crippen LogP contribution in [0.25, 0.3) is 0 Å². The van der Waals surface area contributed by atoms with E-state index < -0.39 is 18.6 Å². The second-order valence-corrected chi connectivity index (χ2v) is 4.14. The fraction of sp³-hybridized carbons (Fsp3) is 0.455. The second kappa shape index (κ2) is 6.47. The first-order valence-corrected chi connectivity index (χ1v) is 5.26. The number of rotatable bonds is 3. The molecule has 17 heavy (non-hydrogen) atoms. The molecule has 0 aliphatic rings. The topological polar surface area (TPSA) is 26.0 Å². The Morgan fingerprint density at radius 2 is 1.94 bits per heavy atom. The van der Waals surface area contributed by atoms with Gasteiger partial charge in [-0.05, 0) is 30.5 Å². The minimum Gasteiger partial charge on any atom is -0.324 e. The number of benzene rings is 1. The fourth-order valence-corrected chi connectivity index (χ4v) is 1.94. The molecule has 0 amide bonds. The average molecular weight is 288 g/mol. The minimum atomic E-state index is -4.17. The van der Waals surface area contributed by atoms with Gasteiger partial charge < -0.3 is 5.73 Å². The second-order valence-electron chi connectivity index (χ2n) is 3.73. The Kier molecular flexibility index (Phi) is 6.30. The van der Waals surface area contributed by atoms with Crippen molar-refractivity contribution < 1.29 is 13.2 Å². The molecule has 0 unspecified atom stereocenters. The van der Waals surface area contributed by atoms with Crippen molar-refractivity contribution in [3.63, 3.8) is 0 Å². The van der Waals surface area contributed by atoms with E-state index in [9.17, 15) is 13.2 Å². The summed E-state index contributed by atoms with van der Waals surface area (Å²) in [5, 5.41) is 0.426. The molecule has 1 aromatic carbocycles. The lowest BCUT2D eigenvalue weighted by Gasteiger charge is -2.17. The van der Waals surface area contributed by atoms with Crippen molar-refractivity contribution in [3.05, 3.63) is 34.3 Å². The molecule has 98 valence electrons. The van der Waals surface area contributed by atoms with Crippen LogP contribution in [0.1, 0.15) is 30.0 Å². The van der Waals surface area contributed by atoms with Gasteiger partial charge in [0.2, 0.25) is 0 Å². The van der Waals surface area contributed by atoms with Gasteiger partial charge in [-0.25, -0.2) is 0 Å². The van der Waals surface area contributed by atoms with Crippen molar-refractivity contribution in [1.29, 1.82) is 0 Å². The summed E-state index contributed by atoms with van der Waals surface area (Å²) >= 11 is 5.91. The van der Waals surface area contributed by atoms with Gasteiger partial charge in [-0.1, -0.05) is 23.7 Å². The third kappa shape index (κ3) is 5.15. The van der Waals surface area contributed by atoms with Crippen LogP contribution in [0.2, 0.25) is 5.02 Å². The van der Waals surface area contributed by atoms with Crippen molar-refractivity contribution in [1.82, 2.24) is 0 Å². The average Bonchev–Trinajstić information content (AvgIpc) is 2.13. The van der Waals surface area contributed by atoms with Crippen molar-refractivity contribution in [3.8, 4) is 0 Å². The maximum Gasteiger partial charge on any atom is 0.389 e. The molecule has 1 rings (SSSR count). The highest BCUT2D eigenvalue weighted by Gasteiger charge is 2.28. The lowest BCUT2D eigenvalue weighted by molar-refractivity contribution is -0.136. The first-order chi connectivity index (χ1) is 7.31. The molecule has 0 aliphatic heterocycles. The lowest BCUT2D eigenvalue weighted by Crippen LogP contribution is -2.17. The predicted octanol–water partition coefficient (Wildman–Crippen LogP) is 4.41. The van der Waals surface area contributed by atoms with E-state index in [1.54, 1.807) is 25.1 Å². The Morgan fingerprint density at radius 1 is 1.35 bits per heavy atom. The number of aryl methyl sites for hydroxylation is 1. The molecule has 1 aromatic rings. The Hall–Kier alpha value is -0.450. The van der Waals surface area contributed by atoms with Gasteiger partial charge in [0.25, 0.3) is 0 Å². The SMILES string of the molecule is Cc1cccc(Cl)c1[C@H](N)CCC(F)(F)F.Cl. The summed E-state index contributed by atoms with van der Waals surface area (Å²) in [6.45, 7) is 1.79. The molecule has 0 heterocycles. The van der Waals surface area contributed by atoms with Crippen LogP contribution in [0.5, 0.6) is 0 Å². The predicted molar refractivity (Wildman–Crippen MR) is 65.7 cm³/mol. The summed E-state index contributed by atoms with van der Waals surface area (Å²) in [6, 6.07) is 4.50. The van der Waals surface area contributed by atoms with Gasteiger partial charge in [0, 0.05) is 17.5 Å². The summed E-state index contributed by atoms with van der Waals surface area (Å²) in [7, 11) is 0. The van der Waals surface area contributed by atoms with E-state index in [0.717, 1.165) is 5.56 Å². The highest BCUT2D eigenvalue weighted by Crippen LogP contribution is 2.31. The quantitative estimate of drug-likeness (QED) is 0.875. The van der Waals surface area contributed by atoms with Gasteiger partial charge in [0.05, 0.1) is 0 Å². The van der Waals surface area contributed by atoms with E-state index in [-0.39, 0.29) is 18.8 Å². The molecule has 0 fully saturated rings. The Labute approximate surface area is 110 Å². The lowest BCUT2D eigenvalue weighted by atomic mass is 9.98. The maximum atomic E-state index is 12.0. The first kappa shape index (κ1) is 16.6. The van der Waals surface area contributed by atoms with Crippen molar-refractivity contribution >= 4 is 24.0 Å². The largest absolute Gasteiger partial charge is 0.389 e. The zero-order valence-electron chi connectivity index (χ0n) is 9.22. The van der Waals surface area contributed by atoms with Gasteiger partial charge in [0.15, 0.2) is 0 Å². The molecular weight excluding hydrogens is 274 g/mol. The molecule has 0 radical (unpaired) electrons. The van der Waals surface area contributed by atoms with E-state index in [1.807, 2.05) is 0 Å². The Bertz CT molecular complexity index is 346. The van der Waals surface area contributed by atoms with Crippen LogP contribution in [-0.2, 0) is 0 Å². The van der Waals surface area contributed by atoms with Crippen LogP contribution in [0, 0.1) is 6.92 Å². The zero-order valence-corrected chi connectivity index (χ0v) is 10.8. The summed E-state index contributed by atoms with van der Waals surface area (Å²) in [4.78, 5) is 0. The third-order valence-electron chi connectivity index (χ3n) is 2.38. The van der Waals surface area contributed by atoms with E-state index in [1.165, 1.54) is 0 Å². The first-order valence-electron chi connectivity index (χ1n) is 4.88. The van der Waals surface area contributed by atoms with Gasteiger partial charge >= 0.3 is 6.18 Å². The van der Waals surface area contributed by atoms with E-state index in [2.05, 4.69) is 0 Å². The molecule has 0 saturated carbocycles. The number of hydrogen-bond donors (Lipinski definition) is 1. The van der Waals surface area contributed by atoms with Gasteiger partial charge in [-0.2, -0.15) is 13.2 Å². The minimum absolute atomic E-state index is 0. The molecule has 0 aromatic heterocycles. The van der Waals surface area contributed by atoms with Crippen LogP contribution in [0.4, 0.5) is 13.2 Å². The van der Waals surface area contributed by atoms with E-state index >= 15 is 0 Å².